The molecule has 0 saturated heterocycles. The van der Waals surface area contributed by atoms with Gasteiger partial charge in [-0.1, -0.05) is 102 Å². The molecule has 3 aromatic heterocycles. The van der Waals surface area contributed by atoms with E-state index in [9.17, 15) is 4.79 Å². The molecular formula is C52H45N5O2. The summed E-state index contributed by atoms with van der Waals surface area (Å²) in [5.41, 5.74) is 19.2. The molecule has 9 rings (SSSR count). The maximum absolute atomic E-state index is 13.0. The molecule has 290 valence electrons. The summed E-state index contributed by atoms with van der Waals surface area (Å²) in [5.74, 6) is -0.141. The molecule has 0 saturated carbocycles. The predicted molar refractivity (Wildman–Crippen MR) is 243 cm³/mol. The monoisotopic (exact) mass is 771 g/mol. The van der Waals surface area contributed by atoms with Crippen molar-refractivity contribution in [1.82, 2.24) is 25.3 Å². The molecule has 7 aromatic rings. The number of hydrogen-bond acceptors (Lipinski definition) is 4. The number of aromatic amines is 2. The van der Waals surface area contributed by atoms with E-state index in [2.05, 4.69) is 157 Å². The third-order valence-electron chi connectivity index (χ3n) is 11.1. The van der Waals surface area contributed by atoms with Gasteiger partial charge in [-0.25, -0.2) is 9.97 Å². The zero-order valence-electron chi connectivity index (χ0n) is 33.4. The van der Waals surface area contributed by atoms with Gasteiger partial charge in [0.05, 0.1) is 22.8 Å². The number of aliphatic hydroxyl groups is 1. The first kappa shape index (κ1) is 37.5. The Morgan fingerprint density at radius 1 is 0.475 bits per heavy atom. The van der Waals surface area contributed by atoms with Gasteiger partial charge in [-0.3, -0.25) is 4.79 Å². The van der Waals surface area contributed by atoms with E-state index < -0.39 is 0 Å². The Hall–Kier alpha value is -7.09. The Kier molecular flexibility index (Phi) is 10.2. The van der Waals surface area contributed by atoms with E-state index in [-0.39, 0.29) is 12.5 Å². The Morgan fingerprint density at radius 3 is 1.12 bits per heavy atom. The lowest BCUT2D eigenvalue weighted by Gasteiger charge is -2.08. The van der Waals surface area contributed by atoms with E-state index in [1.807, 2.05) is 24.3 Å². The number of aromatic nitrogens is 4. The topological polar surface area (TPSA) is 107 Å². The molecule has 0 spiro atoms. The number of nitrogens with zero attached hydrogens (tertiary/aromatic N) is 2. The van der Waals surface area contributed by atoms with Crippen LogP contribution >= 0.6 is 0 Å². The average Bonchev–Trinajstić information content (AvgIpc) is 4.10. The number of rotatable bonds is 9. The normalized spacial score (nSPS) is 11.9. The fourth-order valence-electron chi connectivity index (χ4n) is 7.91. The molecule has 2 aliphatic rings. The number of nitrogens with one attached hydrogen (secondary N) is 3. The van der Waals surface area contributed by atoms with Crippen molar-refractivity contribution >= 4 is 52.3 Å². The van der Waals surface area contributed by atoms with Gasteiger partial charge in [0.1, 0.15) is 0 Å². The summed E-state index contributed by atoms with van der Waals surface area (Å²) in [5, 5.41) is 12.1. The number of amides is 1. The fourth-order valence-corrected chi connectivity index (χ4v) is 7.91. The largest absolute Gasteiger partial charge is 0.396 e. The summed E-state index contributed by atoms with van der Waals surface area (Å²) < 4.78 is 0. The molecule has 7 heteroatoms. The first-order valence-corrected chi connectivity index (χ1v) is 20.2. The lowest BCUT2D eigenvalue weighted by molar-refractivity contribution is 0.0952. The van der Waals surface area contributed by atoms with Crippen LogP contribution in [0.25, 0.3) is 90.9 Å². The highest BCUT2D eigenvalue weighted by molar-refractivity contribution is 6.00. The molecule has 59 heavy (non-hydrogen) atoms. The zero-order valence-corrected chi connectivity index (χ0v) is 33.4. The van der Waals surface area contributed by atoms with Crippen LogP contribution in [0.3, 0.4) is 0 Å². The third-order valence-corrected chi connectivity index (χ3v) is 11.1. The van der Waals surface area contributed by atoms with Gasteiger partial charge in [0, 0.05) is 63.0 Å². The highest BCUT2D eigenvalue weighted by atomic mass is 16.3. The Balaban J connectivity index is 1.36. The number of carbonyl (C=O) groups is 1. The highest BCUT2D eigenvalue weighted by Crippen LogP contribution is 2.38. The van der Waals surface area contributed by atoms with Crippen LogP contribution in [-0.4, -0.2) is 44.1 Å². The van der Waals surface area contributed by atoms with Gasteiger partial charge in [0.2, 0.25) is 0 Å². The maximum Gasteiger partial charge on any atom is 0.251 e. The van der Waals surface area contributed by atoms with Gasteiger partial charge < -0.3 is 20.4 Å². The molecule has 0 unspecified atom stereocenters. The van der Waals surface area contributed by atoms with Gasteiger partial charge in [0.15, 0.2) is 0 Å². The average molecular weight is 772 g/mol. The standard InChI is InChI=1S/C52H45N5O2/c1-32-6-12-35(13-7-32)48-40-22-24-42(54-40)49(36-14-8-33(2)9-15-36)44-26-28-46(56-44)51(38-18-20-39(21-19-38)52(59)53-30-4-5-31-58)47-29-27-45(57-47)50(43-25-23-41(48)55-43)37-16-10-34(3)11-17-37/h6-29,54,57-58H,4-5,30-31H2,1-3H3,(H,53,59). The minimum absolute atomic E-state index is 0.111. The van der Waals surface area contributed by atoms with E-state index in [1.54, 1.807) is 0 Å². The van der Waals surface area contributed by atoms with Crippen LogP contribution in [0, 0.1) is 20.8 Å². The maximum atomic E-state index is 13.0. The zero-order chi connectivity index (χ0) is 40.5. The minimum atomic E-state index is -0.141. The van der Waals surface area contributed by atoms with Crippen LogP contribution in [-0.2, 0) is 0 Å². The summed E-state index contributed by atoms with van der Waals surface area (Å²) in [6.45, 7) is 6.93. The Bertz CT molecular complexity index is 2890. The fraction of sp³-hybridized carbons (Fsp3) is 0.135. The number of benzene rings is 4. The Morgan fingerprint density at radius 2 is 0.797 bits per heavy atom. The predicted octanol–water partition coefficient (Wildman–Crippen LogP) is 11.8. The number of fused-ring (bicyclic) bond motifs is 8. The molecule has 7 nitrogen and oxygen atoms in total. The van der Waals surface area contributed by atoms with Crippen molar-refractivity contribution in [2.24, 2.45) is 0 Å². The summed E-state index contributed by atoms with van der Waals surface area (Å²) in [4.78, 5) is 31.5. The van der Waals surface area contributed by atoms with Crippen LogP contribution in [0.1, 0.15) is 62.7 Å². The van der Waals surface area contributed by atoms with Crippen molar-refractivity contribution in [3.8, 4) is 44.5 Å². The molecule has 1 amide bonds. The summed E-state index contributed by atoms with van der Waals surface area (Å²) in [6.07, 6.45) is 9.80. The van der Waals surface area contributed by atoms with Crippen molar-refractivity contribution in [3.63, 3.8) is 0 Å². The van der Waals surface area contributed by atoms with E-state index in [4.69, 9.17) is 15.1 Å². The summed E-state index contributed by atoms with van der Waals surface area (Å²) in [6, 6.07) is 42.1. The molecule has 0 aliphatic carbocycles. The second-order valence-corrected chi connectivity index (χ2v) is 15.4. The van der Waals surface area contributed by atoms with Crippen LogP contribution in [0.15, 0.2) is 121 Å². The van der Waals surface area contributed by atoms with Crippen LogP contribution in [0.5, 0.6) is 0 Å². The number of aryl methyl sites for hydroxylation is 3. The van der Waals surface area contributed by atoms with Crippen molar-refractivity contribution in [1.29, 1.82) is 0 Å². The van der Waals surface area contributed by atoms with Crippen LogP contribution in [0.4, 0.5) is 0 Å². The molecular weight excluding hydrogens is 727 g/mol. The molecule has 5 heterocycles. The SMILES string of the molecule is Cc1ccc(-c2c3nc(c(-c4ccc(C)cc4)c4ccc([nH]4)c(-c4ccc(C(=O)NCCCCO)cc4)c4nc(c(-c5ccc(C)cc5)c5ccc2[nH]5)C=C4)C=C3)cc1. The van der Waals surface area contributed by atoms with E-state index in [0.29, 0.717) is 18.5 Å². The van der Waals surface area contributed by atoms with Crippen molar-refractivity contribution in [2.75, 3.05) is 13.2 Å². The van der Waals surface area contributed by atoms with Gasteiger partial charge in [-0.2, -0.15) is 0 Å². The van der Waals surface area contributed by atoms with Gasteiger partial charge in [0.25, 0.3) is 5.91 Å². The van der Waals surface area contributed by atoms with Gasteiger partial charge >= 0.3 is 0 Å². The molecule has 0 fully saturated rings. The molecule has 4 aromatic carbocycles. The van der Waals surface area contributed by atoms with Gasteiger partial charge in [-0.05, 0) is 117 Å². The first-order chi connectivity index (χ1) is 28.8. The van der Waals surface area contributed by atoms with Gasteiger partial charge in [-0.15, -0.1) is 0 Å². The highest BCUT2D eigenvalue weighted by Gasteiger charge is 2.19. The molecule has 0 radical (unpaired) electrons. The summed E-state index contributed by atoms with van der Waals surface area (Å²) in [7, 11) is 0. The minimum Gasteiger partial charge on any atom is -0.396 e. The second kappa shape index (κ2) is 16.0. The van der Waals surface area contributed by atoms with Crippen LogP contribution < -0.4 is 5.32 Å². The van der Waals surface area contributed by atoms with E-state index >= 15 is 0 Å². The van der Waals surface area contributed by atoms with Crippen molar-refractivity contribution < 1.29 is 9.90 Å². The lowest BCUT2D eigenvalue weighted by atomic mass is 10.0. The first-order valence-electron chi connectivity index (χ1n) is 20.2. The number of carbonyl (C=O) groups excluding carboxylic acids is 1. The number of H-pyrrole nitrogens is 2. The number of hydrogen-bond donors (Lipinski definition) is 4. The number of aliphatic hydroxyl groups excluding tert-OH is 1. The van der Waals surface area contributed by atoms with Crippen molar-refractivity contribution in [3.05, 3.63) is 166 Å². The van der Waals surface area contributed by atoms with Crippen molar-refractivity contribution in [2.45, 2.75) is 33.6 Å². The van der Waals surface area contributed by atoms with E-state index in [1.165, 1.54) is 16.7 Å². The summed E-state index contributed by atoms with van der Waals surface area (Å²) >= 11 is 0. The molecule has 2 aliphatic heterocycles. The second-order valence-electron chi connectivity index (χ2n) is 15.4. The molecule has 8 bridgehead atoms. The Labute approximate surface area is 343 Å². The number of unbranched alkanes of at least 4 members (excludes halogenated alkanes) is 1. The van der Waals surface area contributed by atoms with E-state index in [0.717, 1.165) is 95.8 Å². The lowest BCUT2D eigenvalue weighted by Crippen LogP contribution is -2.24. The smallest absolute Gasteiger partial charge is 0.251 e. The third kappa shape index (κ3) is 7.56. The quantitative estimate of drug-likeness (QED) is 0.110. The molecule has 0 atom stereocenters. The molecule has 4 N–H and O–H groups in total. The van der Waals surface area contributed by atoms with Crippen LogP contribution in [0.2, 0.25) is 0 Å².